The molecule has 3 rings (SSSR count). The number of ether oxygens (including phenoxy) is 2. The molecule has 0 radical (unpaired) electrons. The van der Waals surface area contributed by atoms with Crippen LogP contribution >= 0.6 is 11.8 Å². The molecule has 0 saturated carbocycles. The highest BCUT2D eigenvalue weighted by Crippen LogP contribution is 2.28. The Hall–Kier alpha value is -3.34. The Bertz CT molecular complexity index is 1200. The van der Waals surface area contributed by atoms with Gasteiger partial charge in [0.15, 0.2) is 0 Å². The summed E-state index contributed by atoms with van der Waals surface area (Å²) in [5.41, 5.74) is -0.617. The molecule has 1 saturated heterocycles. The Labute approximate surface area is 187 Å². The number of rotatable bonds is 8. The van der Waals surface area contributed by atoms with Gasteiger partial charge in [-0.15, -0.1) is 0 Å². The summed E-state index contributed by atoms with van der Waals surface area (Å²) in [4.78, 5) is 62.4. The Morgan fingerprint density at radius 1 is 1.16 bits per heavy atom. The molecule has 1 fully saturated rings. The maximum atomic E-state index is 12.7. The van der Waals surface area contributed by atoms with Crippen molar-refractivity contribution in [3.05, 3.63) is 56.2 Å². The maximum absolute atomic E-state index is 12.7. The van der Waals surface area contributed by atoms with E-state index in [0.717, 1.165) is 4.57 Å². The molecular formula is C21H23N3O7S. The van der Waals surface area contributed by atoms with E-state index in [0.29, 0.717) is 22.4 Å². The number of hydrogen-bond acceptors (Lipinski definition) is 8. The second-order valence-corrected chi connectivity index (χ2v) is 7.84. The van der Waals surface area contributed by atoms with Crippen LogP contribution in [-0.2, 0) is 36.9 Å². The summed E-state index contributed by atoms with van der Waals surface area (Å²) in [5.74, 6) is -1.10. The molecule has 11 heteroatoms. The first kappa shape index (κ1) is 23.3. The fraction of sp³-hybridized carbons (Fsp3) is 0.381. The Balaban J connectivity index is 1.64. The second-order valence-electron chi connectivity index (χ2n) is 6.85. The van der Waals surface area contributed by atoms with Crippen LogP contribution in [0.5, 0.6) is 0 Å². The van der Waals surface area contributed by atoms with Crippen LogP contribution in [0.2, 0.25) is 0 Å². The summed E-state index contributed by atoms with van der Waals surface area (Å²) in [6.07, 6.45) is 1.60. The molecule has 1 aromatic heterocycles. The zero-order valence-electron chi connectivity index (χ0n) is 17.7. The molecule has 1 aliphatic heterocycles. The van der Waals surface area contributed by atoms with Gasteiger partial charge in [0.2, 0.25) is 5.91 Å². The molecule has 1 amide bonds. The number of methoxy groups -OCH3 is 1. The molecule has 2 aromatic rings. The van der Waals surface area contributed by atoms with Gasteiger partial charge in [0.05, 0.1) is 41.5 Å². The van der Waals surface area contributed by atoms with Crippen molar-refractivity contribution in [2.24, 2.45) is 0 Å². The van der Waals surface area contributed by atoms with Gasteiger partial charge in [-0.25, -0.2) is 9.59 Å². The molecule has 1 aliphatic rings. The van der Waals surface area contributed by atoms with E-state index in [2.05, 4.69) is 4.74 Å². The number of aromatic nitrogens is 2. The number of nitrogens with zero attached hydrogens (tertiary/aromatic N) is 3. The first-order valence-electron chi connectivity index (χ1n) is 9.98. The van der Waals surface area contributed by atoms with Crippen molar-refractivity contribution in [2.75, 3.05) is 26.0 Å². The van der Waals surface area contributed by atoms with Crippen molar-refractivity contribution in [3.8, 4) is 0 Å². The summed E-state index contributed by atoms with van der Waals surface area (Å²) >= 11 is 1.24. The maximum Gasteiger partial charge on any atom is 0.333 e. The highest BCUT2D eigenvalue weighted by molar-refractivity contribution is 8.04. The van der Waals surface area contributed by atoms with E-state index < -0.39 is 23.2 Å². The molecule has 32 heavy (non-hydrogen) atoms. The lowest BCUT2D eigenvalue weighted by Crippen LogP contribution is -2.41. The van der Waals surface area contributed by atoms with Gasteiger partial charge in [-0.2, -0.15) is 0 Å². The van der Waals surface area contributed by atoms with Crippen molar-refractivity contribution in [1.82, 2.24) is 14.0 Å². The fourth-order valence-electron chi connectivity index (χ4n) is 3.31. The van der Waals surface area contributed by atoms with E-state index in [1.54, 1.807) is 31.2 Å². The molecule has 0 unspecified atom stereocenters. The third-order valence-corrected chi connectivity index (χ3v) is 5.90. The minimum Gasteiger partial charge on any atom is -0.466 e. The van der Waals surface area contributed by atoms with Gasteiger partial charge in [0.25, 0.3) is 5.56 Å². The summed E-state index contributed by atoms with van der Waals surface area (Å²) in [6, 6.07) is 6.59. The smallest absolute Gasteiger partial charge is 0.333 e. The molecule has 10 nitrogen and oxygen atoms in total. The lowest BCUT2D eigenvalue weighted by molar-refractivity contribution is -0.144. The Kier molecular flexibility index (Phi) is 7.52. The number of fused-ring (bicyclic) bond motifs is 1. The number of benzene rings is 1. The van der Waals surface area contributed by atoms with Crippen molar-refractivity contribution in [1.29, 1.82) is 0 Å². The number of thioether (sulfide) groups is 1. The number of para-hydroxylation sites is 1. The van der Waals surface area contributed by atoms with Gasteiger partial charge >= 0.3 is 17.6 Å². The molecule has 0 atom stereocenters. The van der Waals surface area contributed by atoms with E-state index in [9.17, 15) is 24.0 Å². The molecule has 0 bridgehead atoms. The average Bonchev–Trinajstić information content (AvgIpc) is 3.13. The molecule has 2 heterocycles. The van der Waals surface area contributed by atoms with Crippen LogP contribution in [-0.4, -0.2) is 57.9 Å². The summed E-state index contributed by atoms with van der Waals surface area (Å²) < 4.78 is 12.1. The van der Waals surface area contributed by atoms with Crippen LogP contribution in [0, 0.1) is 0 Å². The standard InChI is InChI=1S/C21H23N3O7S/c1-3-22-20(28)14-7-4-5-8-15(14)24(21(22)29)12-19(27)31-10-6-9-23-16(25)13-32-17(23)11-18(26)30-2/h4-5,7-8,11H,3,6,9-10,12-13H2,1-2H3/b17-11-. The van der Waals surface area contributed by atoms with Gasteiger partial charge < -0.3 is 14.4 Å². The second kappa shape index (κ2) is 10.3. The van der Waals surface area contributed by atoms with Crippen LogP contribution in [0.3, 0.4) is 0 Å². The topological polar surface area (TPSA) is 117 Å². The number of carbonyl (C=O) groups is 3. The lowest BCUT2D eigenvalue weighted by atomic mass is 10.2. The van der Waals surface area contributed by atoms with Crippen molar-refractivity contribution in [3.63, 3.8) is 0 Å². The number of esters is 2. The molecule has 1 aromatic carbocycles. The molecule has 170 valence electrons. The van der Waals surface area contributed by atoms with Gasteiger partial charge in [-0.05, 0) is 25.5 Å². The van der Waals surface area contributed by atoms with Crippen LogP contribution in [0.1, 0.15) is 13.3 Å². The molecule has 0 N–H and O–H groups in total. The molecular weight excluding hydrogens is 438 g/mol. The highest BCUT2D eigenvalue weighted by atomic mass is 32.2. The first-order valence-corrected chi connectivity index (χ1v) is 11.0. The predicted molar refractivity (Wildman–Crippen MR) is 118 cm³/mol. The average molecular weight is 461 g/mol. The quantitative estimate of drug-likeness (QED) is 0.321. The summed E-state index contributed by atoms with van der Waals surface area (Å²) in [7, 11) is 1.26. The van der Waals surface area contributed by atoms with Crippen molar-refractivity contribution < 1.29 is 23.9 Å². The van der Waals surface area contributed by atoms with Gasteiger partial charge in [-0.1, -0.05) is 23.9 Å². The van der Waals surface area contributed by atoms with Crippen LogP contribution in [0.25, 0.3) is 10.9 Å². The van der Waals surface area contributed by atoms with Crippen LogP contribution in [0.15, 0.2) is 45.0 Å². The lowest BCUT2D eigenvalue weighted by Gasteiger charge is -2.17. The minimum atomic E-state index is -0.633. The van der Waals surface area contributed by atoms with Gasteiger partial charge in [0, 0.05) is 13.1 Å². The SMILES string of the molecule is CCn1c(=O)c2ccccc2n(CC(=O)OCCCN2C(=O)CS/C2=C\C(=O)OC)c1=O. The van der Waals surface area contributed by atoms with Crippen LogP contribution < -0.4 is 11.2 Å². The van der Waals surface area contributed by atoms with E-state index in [-0.39, 0.29) is 37.9 Å². The van der Waals surface area contributed by atoms with E-state index in [1.807, 2.05) is 0 Å². The summed E-state index contributed by atoms with van der Waals surface area (Å²) in [5, 5.41) is 0.838. The molecule has 0 spiro atoms. The first-order chi connectivity index (χ1) is 15.4. The minimum absolute atomic E-state index is 0.0267. The molecule has 0 aliphatic carbocycles. The van der Waals surface area contributed by atoms with E-state index in [1.165, 1.54) is 34.4 Å². The third-order valence-electron chi connectivity index (χ3n) is 4.88. The van der Waals surface area contributed by atoms with Crippen molar-refractivity contribution in [2.45, 2.75) is 26.4 Å². The highest BCUT2D eigenvalue weighted by Gasteiger charge is 2.27. The van der Waals surface area contributed by atoms with Crippen molar-refractivity contribution >= 4 is 40.5 Å². The Morgan fingerprint density at radius 2 is 1.91 bits per heavy atom. The normalized spacial score (nSPS) is 14.9. The summed E-state index contributed by atoms with van der Waals surface area (Å²) in [6.45, 7) is 1.82. The number of hydrogen-bond donors (Lipinski definition) is 0. The number of amides is 1. The monoisotopic (exact) mass is 461 g/mol. The Morgan fingerprint density at radius 3 is 2.62 bits per heavy atom. The number of carbonyl (C=O) groups excluding carboxylic acids is 3. The predicted octanol–water partition coefficient (Wildman–Crippen LogP) is 0.706. The van der Waals surface area contributed by atoms with Gasteiger partial charge in [-0.3, -0.25) is 23.5 Å². The third kappa shape index (κ3) is 4.93. The van der Waals surface area contributed by atoms with Gasteiger partial charge in [0.1, 0.15) is 6.54 Å². The zero-order chi connectivity index (χ0) is 23.3. The fourth-order valence-corrected chi connectivity index (χ4v) is 4.27. The van der Waals surface area contributed by atoms with Crippen LogP contribution in [0.4, 0.5) is 0 Å². The van der Waals surface area contributed by atoms with E-state index in [4.69, 9.17) is 4.74 Å². The van der Waals surface area contributed by atoms with E-state index >= 15 is 0 Å². The zero-order valence-corrected chi connectivity index (χ0v) is 18.6. The largest absolute Gasteiger partial charge is 0.466 e.